The lowest BCUT2D eigenvalue weighted by Crippen LogP contribution is -2.02. The Bertz CT molecular complexity index is 632. The number of nitrogens with one attached hydrogen (secondary N) is 1. The van der Waals surface area contributed by atoms with E-state index in [-0.39, 0.29) is 5.69 Å². The third-order valence-corrected chi connectivity index (χ3v) is 3.50. The molecule has 1 aromatic carbocycles. The van der Waals surface area contributed by atoms with Gasteiger partial charge in [-0.3, -0.25) is 10.1 Å². The van der Waals surface area contributed by atoms with Crippen molar-refractivity contribution in [3.63, 3.8) is 0 Å². The smallest absolute Gasteiger partial charge is 0.270 e. The first-order chi connectivity index (χ1) is 10.1. The number of nitrogens with zero attached hydrogens (tertiary/aromatic N) is 2. The minimum absolute atomic E-state index is 0.0633. The van der Waals surface area contributed by atoms with Crippen molar-refractivity contribution in [2.75, 3.05) is 11.9 Å². The van der Waals surface area contributed by atoms with E-state index in [1.54, 1.807) is 18.3 Å². The van der Waals surface area contributed by atoms with Gasteiger partial charge >= 0.3 is 0 Å². The Morgan fingerprint density at radius 3 is 2.76 bits per heavy atom. The molecule has 0 fully saturated rings. The molecular formula is C14H14BrN3O3. The summed E-state index contributed by atoms with van der Waals surface area (Å²) < 4.78 is 5.97. The zero-order chi connectivity index (χ0) is 15.2. The summed E-state index contributed by atoms with van der Waals surface area (Å²) in [5.41, 5.74) is 1.84. The fraction of sp³-hybridized carbons (Fsp3) is 0.214. The maximum Gasteiger partial charge on any atom is 0.270 e. The molecule has 0 radical (unpaired) electrons. The zero-order valence-electron chi connectivity index (χ0n) is 11.4. The third kappa shape index (κ3) is 4.16. The highest BCUT2D eigenvalue weighted by Gasteiger charge is 2.08. The summed E-state index contributed by atoms with van der Waals surface area (Å²) in [7, 11) is 0. The molecule has 0 unspecified atom stereocenters. The molecule has 1 heterocycles. The lowest BCUT2D eigenvalue weighted by Gasteiger charge is -2.08. The Hall–Kier alpha value is -2.15. The summed E-state index contributed by atoms with van der Waals surface area (Å²) in [6.45, 7) is 3.02. The van der Waals surface area contributed by atoms with Crippen LogP contribution in [0.5, 0.6) is 5.88 Å². The molecule has 0 amide bonds. The second-order valence-corrected chi connectivity index (χ2v) is 5.06. The van der Waals surface area contributed by atoms with Gasteiger partial charge in [0.05, 0.1) is 23.4 Å². The molecule has 2 rings (SSSR count). The van der Waals surface area contributed by atoms with Crippen molar-refractivity contribution in [1.82, 2.24) is 4.98 Å². The second-order valence-electron chi connectivity index (χ2n) is 4.20. The maximum absolute atomic E-state index is 10.7. The maximum atomic E-state index is 10.7. The third-order valence-electron chi connectivity index (χ3n) is 2.76. The average Bonchev–Trinajstić information content (AvgIpc) is 2.47. The normalized spacial score (nSPS) is 10.2. The monoisotopic (exact) mass is 351 g/mol. The fourth-order valence-electron chi connectivity index (χ4n) is 1.71. The molecule has 0 aliphatic carbocycles. The molecule has 7 heteroatoms. The number of non-ortho nitro benzene ring substituents is 1. The summed E-state index contributed by atoms with van der Waals surface area (Å²) in [4.78, 5) is 14.4. The van der Waals surface area contributed by atoms with Crippen molar-refractivity contribution in [3.8, 4) is 5.88 Å². The number of halogens is 1. The number of anilines is 1. The van der Waals surface area contributed by atoms with E-state index in [1.807, 2.05) is 13.0 Å². The van der Waals surface area contributed by atoms with Gasteiger partial charge in [-0.25, -0.2) is 4.98 Å². The van der Waals surface area contributed by atoms with Crippen LogP contribution in [-0.2, 0) is 6.54 Å². The Morgan fingerprint density at radius 1 is 1.38 bits per heavy atom. The van der Waals surface area contributed by atoms with Gasteiger partial charge in [-0.05, 0) is 24.6 Å². The Kier molecular flexibility index (Phi) is 5.10. The average molecular weight is 352 g/mol. The molecule has 0 bridgehead atoms. The zero-order valence-corrected chi connectivity index (χ0v) is 13.0. The standard InChI is InChI=1S/C14H14BrN3O3/c1-2-21-14-6-4-11(9-17-14)16-8-10-3-5-12(18(19)20)7-13(10)15/h3-7,9,16H,2,8H2,1H3. The van der Waals surface area contributed by atoms with Gasteiger partial charge in [0.1, 0.15) is 0 Å². The number of nitro benzene ring substituents is 1. The van der Waals surface area contributed by atoms with Gasteiger partial charge < -0.3 is 10.1 Å². The highest BCUT2D eigenvalue weighted by Crippen LogP contribution is 2.24. The fourth-order valence-corrected chi connectivity index (χ4v) is 2.22. The molecule has 110 valence electrons. The lowest BCUT2D eigenvalue weighted by molar-refractivity contribution is -0.384. The van der Waals surface area contributed by atoms with Crippen molar-refractivity contribution in [3.05, 3.63) is 56.7 Å². The van der Waals surface area contributed by atoms with Crippen LogP contribution in [0.25, 0.3) is 0 Å². The highest BCUT2D eigenvalue weighted by molar-refractivity contribution is 9.10. The molecule has 0 aliphatic heterocycles. The first-order valence-corrected chi connectivity index (χ1v) is 7.15. The Balaban J connectivity index is 2.01. The summed E-state index contributed by atoms with van der Waals surface area (Å²) in [6, 6.07) is 8.36. The predicted octanol–water partition coefficient (Wildman–Crippen LogP) is 3.76. The van der Waals surface area contributed by atoms with Gasteiger partial charge in [0, 0.05) is 29.2 Å². The van der Waals surface area contributed by atoms with Crippen LogP contribution in [0.2, 0.25) is 0 Å². The topological polar surface area (TPSA) is 77.3 Å². The molecule has 6 nitrogen and oxygen atoms in total. The Labute approximate surface area is 130 Å². The van der Waals surface area contributed by atoms with E-state index in [1.165, 1.54) is 12.1 Å². The summed E-state index contributed by atoms with van der Waals surface area (Å²) in [5.74, 6) is 0.583. The van der Waals surface area contributed by atoms with Crippen LogP contribution in [-0.4, -0.2) is 16.5 Å². The van der Waals surface area contributed by atoms with Crippen molar-refractivity contribution in [2.45, 2.75) is 13.5 Å². The van der Waals surface area contributed by atoms with E-state index in [4.69, 9.17) is 4.74 Å². The molecule has 1 aromatic heterocycles. The van der Waals surface area contributed by atoms with Gasteiger partial charge in [0.2, 0.25) is 5.88 Å². The van der Waals surface area contributed by atoms with E-state index < -0.39 is 4.92 Å². The van der Waals surface area contributed by atoms with Crippen molar-refractivity contribution in [1.29, 1.82) is 0 Å². The van der Waals surface area contributed by atoms with E-state index in [9.17, 15) is 10.1 Å². The van der Waals surface area contributed by atoms with Gasteiger partial charge in [-0.1, -0.05) is 15.9 Å². The number of ether oxygens (including phenoxy) is 1. The van der Waals surface area contributed by atoms with E-state index in [0.717, 1.165) is 11.3 Å². The van der Waals surface area contributed by atoms with Crippen LogP contribution in [0.15, 0.2) is 41.0 Å². The van der Waals surface area contributed by atoms with Crippen molar-refractivity contribution in [2.24, 2.45) is 0 Å². The molecule has 0 saturated carbocycles. The second kappa shape index (κ2) is 7.03. The molecule has 0 aliphatic rings. The lowest BCUT2D eigenvalue weighted by atomic mass is 10.2. The van der Waals surface area contributed by atoms with Crippen LogP contribution < -0.4 is 10.1 Å². The van der Waals surface area contributed by atoms with Crippen LogP contribution >= 0.6 is 15.9 Å². The number of hydrogen-bond donors (Lipinski definition) is 1. The molecule has 0 spiro atoms. The van der Waals surface area contributed by atoms with Gasteiger partial charge in [-0.2, -0.15) is 0 Å². The van der Waals surface area contributed by atoms with Crippen LogP contribution in [0.1, 0.15) is 12.5 Å². The van der Waals surface area contributed by atoms with Crippen molar-refractivity contribution < 1.29 is 9.66 Å². The first-order valence-electron chi connectivity index (χ1n) is 6.35. The van der Waals surface area contributed by atoms with E-state index >= 15 is 0 Å². The minimum atomic E-state index is -0.418. The summed E-state index contributed by atoms with van der Waals surface area (Å²) in [6.07, 6.45) is 1.68. The van der Waals surface area contributed by atoms with Crippen LogP contribution in [0, 0.1) is 10.1 Å². The molecule has 1 N–H and O–H groups in total. The van der Waals surface area contributed by atoms with E-state index in [0.29, 0.717) is 23.5 Å². The summed E-state index contributed by atoms with van der Waals surface area (Å²) in [5, 5.41) is 13.9. The molecule has 0 atom stereocenters. The van der Waals surface area contributed by atoms with E-state index in [2.05, 4.69) is 26.2 Å². The SMILES string of the molecule is CCOc1ccc(NCc2ccc([N+](=O)[O-])cc2Br)cn1. The number of pyridine rings is 1. The molecular weight excluding hydrogens is 338 g/mol. The number of benzene rings is 1. The first kappa shape index (κ1) is 15.2. The largest absolute Gasteiger partial charge is 0.478 e. The Morgan fingerprint density at radius 2 is 2.19 bits per heavy atom. The van der Waals surface area contributed by atoms with Crippen LogP contribution in [0.4, 0.5) is 11.4 Å². The number of rotatable bonds is 6. The van der Waals surface area contributed by atoms with Gasteiger partial charge in [-0.15, -0.1) is 0 Å². The molecule has 21 heavy (non-hydrogen) atoms. The highest BCUT2D eigenvalue weighted by atomic mass is 79.9. The minimum Gasteiger partial charge on any atom is -0.478 e. The molecule has 0 saturated heterocycles. The predicted molar refractivity (Wildman–Crippen MR) is 83.5 cm³/mol. The summed E-state index contributed by atoms with van der Waals surface area (Å²) >= 11 is 3.34. The quantitative estimate of drug-likeness (QED) is 0.633. The van der Waals surface area contributed by atoms with Gasteiger partial charge in [0.25, 0.3) is 5.69 Å². The number of aromatic nitrogens is 1. The van der Waals surface area contributed by atoms with Crippen molar-refractivity contribution >= 4 is 27.3 Å². The van der Waals surface area contributed by atoms with Gasteiger partial charge in [0.15, 0.2) is 0 Å². The number of hydrogen-bond acceptors (Lipinski definition) is 5. The number of nitro groups is 1. The van der Waals surface area contributed by atoms with Crippen LogP contribution in [0.3, 0.4) is 0 Å². The molecule has 2 aromatic rings.